The zero-order chi connectivity index (χ0) is 16.8. The number of nitrogens with two attached hydrogens (primary N) is 1. The van der Waals surface area contributed by atoms with Crippen LogP contribution in [0.3, 0.4) is 0 Å². The standard InChI is InChI=1S/C21H26N2O.ClH/c22-20-9-5-4-8-19(20)10-11-21(24)23-14-12-18(13-15-23)16-17-6-2-1-3-7-17;/h1-9,18H,10-16,22H2;1H. The number of piperidine rings is 1. The molecule has 2 N–H and O–H groups in total. The van der Waals surface area contributed by atoms with Gasteiger partial charge in [0.1, 0.15) is 0 Å². The van der Waals surface area contributed by atoms with Gasteiger partial charge in [-0.2, -0.15) is 0 Å². The smallest absolute Gasteiger partial charge is 0.222 e. The van der Waals surface area contributed by atoms with Crippen molar-refractivity contribution in [3.8, 4) is 0 Å². The summed E-state index contributed by atoms with van der Waals surface area (Å²) in [6.45, 7) is 1.78. The van der Waals surface area contributed by atoms with E-state index in [1.807, 2.05) is 29.2 Å². The number of aryl methyl sites for hydroxylation is 1. The van der Waals surface area contributed by atoms with E-state index in [0.29, 0.717) is 12.3 Å². The second-order valence-corrected chi connectivity index (χ2v) is 6.71. The fourth-order valence-electron chi connectivity index (χ4n) is 3.50. The van der Waals surface area contributed by atoms with Gasteiger partial charge in [-0.15, -0.1) is 12.4 Å². The molecule has 0 atom stereocenters. The molecule has 0 aromatic heterocycles. The molecule has 4 heteroatoms. The first-order valence-electron chi connectivity index (χ1n) is 8.87. The molecule has 25 heavy (non-hydrogen) atoms. The molecule has 1 fully saturated rings. The SMILES string of the molecule is Cl.Nc1ccccc1CCC(=O)N1CCC(Cc2ccccc2)CC1. The molecule has 0 bridgehead atoms. The summed E-state index contributed by atoms with van der Waals surface area (Å²) in [5.41, 5.74) is 9.21. The number of para-hydroxylation sites is 1. The fraction of sp³-hybridized carbons (Fsp3) is 0.381. The molecule has 1 aliphatic rings. The van der Waals surface area contributed by atoms with Gasteiger partial charge in [0.05, 0.1) is 0 Å². The van der Waals surface area contributed by atoms with Crippen molar-refractivity contribution in [2.24, 2.45) is 5.92 Å². The lowest BCUT2D eigenvalue weighted by Gasteiger charge is -2.32. The second-order valence-electron chi connectivity index (χ2n) is 6.71. The van der Waals surface area contributed by atoms with Gasteiger partial charge in [-0.1, -0.05) is 48.5 Å². The Bertz CT molecular complexity index is 667. The van der Waals surface area contributed by atoms with Crippen LogP contribution in [0.1, 0.15) is 30.4 Å². The van der Waals surface area contributed by atoms with Crippen LogP contribution < -0.4 is 5.73 Å². The number of amides is 1. The molecule has 134 valence electrons. The van der Waals surface area contributed by atoms with Crippen molar-refractivity contribution in [3.63, 3.8) is 0 Å². The van der Waals surface area contributed by atoms with Crippen LogP contribution in [-0.4, -0.2) is 23.9 Å². The Morgan fingerprint density at radius 3 is 2.32 bits per heavy atom. The van der Waals surface area contributed by atoms with Crippen molar-refractivity contribution < 1.29 is 4.79 Å². The number of carbonyl (C=O) groups is 1. The van der Waals surface area contributed by atoms with Crippen LogP contribution >= 0.6 is 12.4 Å². The first-order chi connectivity index (χ1) is 11.7. The van der Waals surface area contributed by atoms with Crippen LogP contribution in [0.25, 0.3) is 0 Å². The highest BCUT2D eigenvalue weighted by Crippen LogP contribution is 2.22. The predicted molar refractivity (Wildman–Crippen MR) is 106 cm³/mol. The molecule has 0 unspecified atom stereocenters. The van der Waals surface area contributed by atoms with Gasteiger partial charge in [-0.25, -0.2) is 0 Å². The van der Waals surface area contributed by atoms with Crippen molar-refractivity contribution in [2.45, 2.75) is 32.1 Å². The van der Waals surface area contributed by atoms with Gasteiger partial charge in [-0.05, 0) is 48.8 Å². The van der Waals surface area contributed by atoms with Crippen molar-refractivity contribution in [3.05, 3.63) is 65.7 Å². The molecule has 3 rings (SSSR count). The molecule has 2 aromatic rings. The Balaban J connectivity index is 0.00000225. The largest absolute Gasteiger partial charge is 0.399 e. The maximum Gasteiger partial charge on any atom is 0.222 e. The van der Waals surface area contributed by atoms with E-state index >= 15 is 0 Å². The van der Waals surface area contributed by atoms with E-state index < -0.39 is 0 Å². The Morgan fingerprint density at radius 1 is 1.00 bits per heavy atom. The monoisotopic (exact) mass is 358 g/mol. The van der Waals surface area contributed by atoms with Gasteiger partial charge in [-0.3, -0.25) is 4.79 Å². The van der Waals surface area contributed by atoms with Crippen LogP contribution in [0.15, 0.2) is 54.6 Å². The third-order valence-corrected chi connectivity index (χ3v) is 5.00. The average Bonchev–Trinajstić information content (AvgIpc) is 2.62. The molecule has 3 nitrogen and oxygen atoms in total. The van der Waals surface area contributed by atoms with Crippen molar-refractivity contribution in [2.75, 3.05) is 18.8 Å². The third-order valence-electron chi connectivity index (χ3n) is 5.00. The molecule has 1 aliphatic heterocycles. The van der Waals surface area contributed by atoms with Gasteiger partial charge in [0.15, 0.2) is 0 Å². The zero-order valence-corrected chi connectivity index (χ0v) is 15.4. The Kier molecular flexibility index (Phi) is 7.32. The normalized spacial score (nSPS) is 14.8. The summed E-state index contributed by atoms with van der Waals surface area (Å²) < 4.78 is 0. The summed E-state index contributed by atoms with van der Waals surface area (Å²) in [6, 6.07) is 18.5. The number of hydrogen-bond donors (Lipinski definition) is 1. The summed E-state index contributed by atoms with van der Waals surface area (Å²) >= 11 is 0. The lowest BCUT2D eigenvalue weighted by atomic mass is 9.90. The molecular formula is C21H27ClN2O. The number of hydrogen-bond acceptors (Lipinski definition) is 2. The van der Waals surface area contributed by atoms with Crippen LogP contribution in [0.4, 0.5) is 5.69 Å². The Hall–Kier alpha value is -2.00. The van der Waals surface area contributed by atoms with Gasteiger partial charge in [0.2, 0.25) is 5.91 Å². The summed E-state index contributed by atoms with van der Waals surface area (Å²) in [6.07, 6.45) is 4.62. The first-order valence-corrected chi connectivity index (χ1v) is 8.87. The topological polar surface area (TPSA) is 46.3 Å². The zero-order valence-electron chi connectivity index (χ0n) is 14.6. The van der Waals surface area contributed by atoms with E-state index in [4.69, 9.17) is 5.73 Å². The number of nitrogens with zero attached hydrogens (tertiary/aromatic N) is 1. The molecule has 2 aromatic carbocycles. The van der Waals surface area contributed by atoms with E-state index in [9.17, 15) is 4.79 Å². The highest BCUT2D eigenvalue weighted by atomic mass is 35.5. The highest BCUT2D eigenvalue weighted by Gasteiger charge is 2.22. The molecule has 1 heterocycles. The van der Waals surface area contributed by atoms with E-state index in [1.54, 1.807) is 0 Å². The van der Waals surface area contributed by atoms with Gasteiger partial charge < -0.3 is 10.6 Å². The number of benzene rings is 2. The predicted octanol–water partition coefficient (Wildman–Crippen LogP) is 4.10. The minimum atomic E-state index is 0. The van der Waals surface area contributed by atoms with E-state index in [1.165, 1.54) is 5.56 Å². The maximum absolute atomic E-state index is 12.4. The number of rotatable bonds is 5. The molecule has 0 saturated carbocycles. The Labute approximate surface area is 156 Å². The van der Waals surface area contributed by atoms with E-state index in [2.05, 4.69) is 30.3 Å². The quantitative estimate of drug-likeness (QED) is 0.818. The Morgan fingerprint density at radius 2 is 1.64 bits per heavy atom. The van der Waals surface area contributed by atoms with Crippen LogP contribution in [0.5, 0.6) is 0 Å². The van der Waals surface area contributed by atoms with Crippen LogP contribution in [-0.2, 0) is 17.6 Å². The van der Waals surface area contributed by atoms with E-state index in [0.717, 1.165) is 50.0 Å². The minimum Gasteiger partial charge on any atom is -0.399 e. The third kappa shape index (κ3) is 5.50. The van der Waals surface area contributed by atoms with E-state index in [-0.39, 0.29) is 18.3 Å². The lowest BCUT2D eigenvalue weighted by Crippen LogP contribution is -2.39. The first kappa shape index (κ1) is 19.3. The van der Waals surface area contributed by atoms with Gasteiger partial charge in [0.25, 0.3) is 0 Å². The van der Waals surface area contributed by atoms with Gasteiger partial charge in [0, 0.05) is 25.2 Å². The summed E-state index contributed by atoms with van der Waals surface area (Å²) in [4.78, 5) is 14.5. The van der Waals surface area contributed by atoms with Crippen molar-refractivity contribution >= 4 is 24.0 Å². The molecule has 0 aliphatic carbocycles. The number of anilines is 1. The maximum atomic E-state index is 12.4. The molecule has 1 saturated heterocycles. The lowest BCUT2D eigenvalue weighted by molar-refractivity contribution is -0.132. The molecule has 1 amide bonds. The number of likely N-dealkylation sites (tertiary alicyclic amines) is 1. The van der Waals surface area contributed by atoms with Gasteiger partial charge >= 0.3 is 0 Å². The molecule has 0 spiro atoms. The number of halogens is 1. The summed E-state index contributed by atoms with van der Waals surface area (Å²) in [7, 11) is 0. The molecule has 0 radical (unpaired) electrons. The average molecular weight is 359 g/mol. The van der Waals surface area contributed by atoms with Crippen LogP contribution in [0, 0.1) is 5.92 Å². The van der Waals surface area contributed by atoms with Crippen molar-refractivity contribution in [1.29, 1.82) is 0 Å². The minimum absolute atomic E-state index is 0. The van der Waals surface area contributed by atoms with Crippen molar-refractivity contribution in [1.82, 2.24) is 4.90 Å². The second kappa shape index (κ2) is 9.47. The van der Waals surface area contributed by atoms with Crippen LogP contribution in [0.2, 0.25) is 0 Å². The number of nitrogen functional groups attached to an aromatic ring is 1. The summed E-state index contributed by atoms with van der Waals surface area (Å²) in [5.74, 6) is 0.956. The number of carbonyl (C=O) groups excluding carboxylic acids is 1. The highest BCUT2D eigenvalue weighted by molar-refractivity contribution is 5.85. The summed E-state index contributed by atoms with van der Waals surface area (Å²) in [5, 5.41) is 0. The fourth-order valence-corrected chi connectivity index (χ4v) is 3.50. The molecular weight excluding hydrogens is 332 g/mol.